The lowest BCUT2D eigenvalue weighted by Gasteiger charge is -2.14. The minimum absolute atomic E-state index is 0.0129. The van der Waals surface area contributed by atoms with Gasteiger partial charge in [-0.2, -0.15) is 0 Å². The average Bonchev–Trinajstić information content (AvgIpc) is 3.26. The number of nitrogens with zero attached hydrogens (tertiary/aromatic N) is 1. The van der Waals surface area contributed by atoms with Crippen molar-refractivity contribution in [3.8, 4) is 11.5 Å². The number of esters is 1. The molecule has 0 aromatic heterocycles. The predicted molar refractivity (Wildman–Crippen MR) is 94.9 cm³/mol. The SMILES string of the molecule is O=C(OCc1cc(Cl)c2c(c1)OCO2)c1cccc(N2C(=O)CCC2=O)c1. The van der Waals surface area contributed by atoms with Gasteiger partial charge < -0.3 is 14.2 Å². The Hall–Kier alpha value is -3.06. The van der Waals surface area contributed by atoms with E-state index in [1.54, 1.807) is 30.3 Å². The molecule has 1 fully saturated rings. The summed E-state index contributed by atoms with van der Waals surface area (Å²) in [5.74, 6) is -0.160. The van der Waals surface area contributed by atoms with Crippen LogP contribution in [0.2, 0.25) is 5.02 Å². The standard InChI is InChI=1S/C19H14ClNO6/c20-14-6-11(7-15-18(14)27-10-26-15)9-25-19(24)12-2-1-3-13(8-12)21-16(22)4-5-17(21)23/h1-3,6-8H,4-5,9-10H2. The summed E-state index contributed by atoms with van der Waals surface area (Å²) in [5.41, 5.74) is 1.26. The maximum atomic E-state index is 12.4. The highest BCUT2D eigenvalue weighted by atomic mass is 35.5. The highest BCUT2D eigenvalue weighted by molar-refractivity contribution is 6.32. The Morgan fingerprint density at radius 1 is 1.11 bits per heavy atom. The molecule has 7 nitrogen and oxygen atoms in total. The fourth-order valence-corrected chi connectivity index (χ4v) is 3.26. The molecule has 2 heterocycles. The van der Waals surface area contributed by atoms with E-state index >= 15 is 0 Å². The molecule has 8 heteroatoms. The van der Waals surface area contributed by atoms with Crippen molar-refractivity contribution >= 4 is 35.1 Å². The molecule has 138 valence electrons. The van der Waals surface area contributed by atoms with Gasteiger partial charge in [0.05, 0.1) is 16.3 Å². The number of amides is 2. The number of carbonyl (C=O) groups is 3. The molecule has 2 aliphatic heterocycles. The van der Waals surface area contributed by atoms with Crippen molar-refractivity contribution in [3.05, 3.63) is 52.5 Å². The number of fused-ring (bicyclic) bond motifs is 1. The van der Waals surface area contributed by atoms with E-state index in [0.29, 0.717) is 27.8 Å². The van der Waals surface area contributed by atoms with Crippen LogP contribution >= 0.6 is 11.6 Å². The van der Waals surface area contributed by atoms with Crippen molar-refractivity contribution in [1.29, 1.82) is 0 Å². The average molecular weight is 388 g/mol. The van der Waals surface area contributed by atoms with E-state index < -0.39 is 5.97 Å². The van der Waals surface area contributed by atoms with Gasteiger partial charge in [0, 0.05) is 12.8 Å². The Bertz CT molecular complexity index is 941. The first-order valence-electron chi connectivity index (χ1n) is 8.24. The Balaban J connectivity index is 1.48. The van der Waals surface area contributed by atoms with Crippen LogP contribution in [0.15, 0.2) is 36.4 Å². The lowest BCUT2D eigenvalue weighted by atomic mass is 10.2. The lowest BCUT2D eigenvalue weighted by Crippen LogP contribution is -2.28. The van der Waals surface area contributed by atoms with Gasteiger partial charge in [0.25, 0.3) is 0 Å². The summed E-state index contributed by atoms with van der Waals surface area (Å²) >= 11 is 6.11. The van der Waals surface area contributed by atoms with Gasteiger partial charge in [-0.3, -0.25) is 14.5 Å². The number of rotatable bonds is 4. The van der Waals surface area contributed by atoms with E-state index in [9.17, 15) is 14.4 Å². The van der Waals surface area contributed by atoms with E-state index in [4.69, 9.17) is 25.8 Å². The molecular formula is C19H14ClNO6. The van der Waals surface area contributed by atoms with E-state index in [1.807, 2.05) is 0 Å². The second-order valence-corrected chi connectivity index (χ2v) is 6.47. The molecule has 0 N–H and O–H groups in total. The van der Waals surface area contributed by atoms with Crippen LogP contribution in [-0.2, 0) is 20.9 Å². The Morgan fingerprint density at radius 2 is 1.89 bits per heavy atom. The third-order valence-electron chi connectivity index (χ3n) is 4.25. The van der Waals surface area contributed by atoms with Crippen LogP contribution in [0, 0.1) is 0 Å². The van der Waals surface area contributed by atoms with Crippen LogP contribution in [-0.4, -0.2) is 24.6 Å². The first kappa shape index (κ1) is 17.4. The van der Waals surface area contributed by atoms with Gasteiger partial charge in [0.15, 0.2) is 11.5 Å². The van der Waals surface area contributed by atoms with Crippen LogP contribution in [0.5, 0.6) is 11.5 Å². The quantitative estimate of drug-likeness (QED) is 0.592. The maximum absolute atomic E-state index is 12.4. The summed E-state index contributed by atoms with van der Waals surface area (Å²) in [6, 6.07) is 9.57. The number of anilines is 1. The van der Waals surface area contributed by atoms with Crippen molar-refractivity contribution in [2.24, 2.45) is 0 Å². The molecule has 4 rings (SSSR count). The molecule has 0 unspecified atom stereocenters. The summed E-state index contributed by atoms with van der Waals surface area (Å²) in [4.78, 5) is 37.2. The minimum atomic E-state index is -0.579. The first-order valence-corrected chi connectivity index (χ1v) is 8.62. The molecule has 0 bridgehead atoms. The van der Waals surface area contributed by atoms with Crippen molar-refractivity contribution in [1.82, 2.24) is 0 Å². The van der Waals surface area contributed by atoms with E-state index in [2.05, 4.69) is 0 Å². The molecule has 0 spiro atoms. The number of hydrogen-bond acceptors (Lipinski definition) is 6. The second-order valence-electron chi connectivity index (χ2n) is 6.06. The number of imide groups is 1. The fourth-order valence-electron chi connectivity index (χ4n) is 2.97. The Kier molecular flexibility index (Phi) is 4.45. The smallest absolute Gasteiger partial charge is 0.338 e. The van der Waals surface area contributed by atoms with Crippen molar-refractivity contribution in [2.75, 3.05) is 11.7 Å². The van der Waals surface area contributed by atoms with Crippen molar-refractivity contribution in [2.45, 2.75) is 19.4 Å². The number of carbonyl (C=O) groups excluding carboxylic acids is 3. The third kappa shape index (κ3) is 3.33. The molecule has 0 atom stereocenters. The Labute approximate surface area is 159 Å². The number of halogens is 1. The summed E-state index contributed by atoms with van der Waals surface area (Å²) in [7, 11) is 0. The van der Waals surface area contributed by atoms with Gasteiger partial charge in [-0.15, -0.1) is 0 Å². The normalized spacial score (nSPS) is 15.4. The Morgan fingerprint density at radius 3 is 2.67 bits per heavy atom. The van der Waals surface area contributed by atoms with Gasteiger partial charge in [-0.25, -0.2) is 4.79 Å². The van der Waals surface area contributed by atoms with Crippen LogP contribution in [0.25, 0.3) is 0 Å². The molecule has 0 saturated carbocycles. The van der Waals surface area contributed by atoms with Gasteiger partial charge in [0.2, 0.25) is 18.6 Å². The highest BCUT2D eigenvalue weighted by Gasteiger charge is 2.30. The van der Waals surface area contributed by atoms with E-state index in [-0.39, 0.29) is 43.6 Å². The zero-order chi connectivity index (χ0) is 19.0. The lowest BCUT2D eigenvalue weighted by molar-refractivity contribution is -0.121. The first-order chi connectivity index (χ1) is 13.0. The van der Waals surface area contributed by atoms with Gasteiger partial charge in [-0.1, -0.05) is 17.7 Å². The summed E-state index contributed by atoms with van der Waals surface area (Å²) in [6.45, 7) is 0.0834. The molecule has 0 radical (unpaired) electrons. The third-order valence-corrected chi connectivity index (χ3v) is 4.53. The molecule has 0 aliphatic carbocycles. The van der Waals surface area contributed by atoms with Crippen LogP contribution in [0.4, 0.5) is 5.69 Å². The molecule has 1 saturated heterocycles. The number of benzene rings is 2. The van der Waals surface area contributed by atoms with Gasteiger partial charge in [-0.05, 0) is 35.9 Å². The monoisotopic (exact) mass is 387 g/mol. The summed E-state index contributed by atoms with van der Waals surface area (Å²) < 4.78 is 15.8. The highest BCUT2D eigenvalue weighted by Crippen LogP contribution is 2.40. The maximum Gasteiger partial charge on any atom is 0.338 e. The summed E-state index contributed by atoms with van der Waals surface area (Å²) in [5, 5.41) is 0.379. The zero-order valence-corrected chi connectivity index (χ0v) is 14.8. The number of ether oxygens (including phenoxy) is 3. The van der Waals surface area contributed by atoms with Gasteiger partial charge >= 0.3 is 5.97 Å². The zero-order valence-electron chi connectivity index (χ0n) is 14.1. The van der Waals surface area contributed by atoms with Crippen molar-refractivity contribution < 1.29 is 28.6 Å². The van der Waals surface area contributed by atoms with E-state index in [1.165, 1.54) is 6.07 Å². The van der Waals surface area contributed by atoms with Crippen LogP contribution in [0.1, 0.15) is 28.8 Å². The van der Waals surface area contributed by atoms with Gasteiger partial charge in [0.1, 0.15) is 6.61 Å². The second kappa shape index (κ2) is 6.92. The molecule has 2 aromatic rings. The predicted octanol–water partition coefficient (Wildman–Crippen LogP) is 3.08. The van der Waals surface area contributed by atoms with Crippen LogP contribution in [0.3, 0.4) is 0 Å². The summed E-state index contributed by atoms with van der Waals surface area (Å²) in [6.07, 6.45) is 0.358. The topological polar surface area (TPSA) is 82.1 Å². The van der Waals surface area contributed by atoms with E-state index in [0.717, 1.165) is 4.90 Å². The number of hydrogen-bond donors (Lipinski definition) is 0. The largest absolute Gasteiger partial charge is 0.457 e. The fraction of sp³-hybridized carbons (Fsp3) is 0.211. The molecule has 2 aliphatic rings. The minimum Gasteiger partial charge on any atom is -0.457 e. The molecule has 2 amide bonds. The molecular weight excluding hydrogens is 374 g/mol. The molecule has 27 heavy (non-hydrogen) atoms. The molecule has 2 aromatic carbocycles. The van der Waals surface area contributed by atoms with Crippen LogP contribution < -0.4 is 14.4 Å². The van der Waals surface area contributed by atoms with Crippen molar-refractivity contribution in [3.63, 3.8) is 0 Å².